The van der Waals surface area contributed by atoms with Gasteiger partial charge in [0.25, 0.3) is 5.91 Å². The second-order valence-corrected chi connectivity index (χ2v) is 6.16. The molecule has 0 aliphatic rings. The SMILES string of the molecule is CN(C(=O)c1ccc(CSc2nccn2C)o1)c1ccc(F)cc1. The third-order valence-corrected chi connectivity index (χ3v) is 4.59. The molecule has 1 amide bonds. The number of aromatic nitrogens is 2. The summed E-state index contributed by atoms with van der Waals surface area (Å²) in [6.07, 6.45) is 3.61. The van der Waals surface area contributed by atoms with Crippen LogP contribution in [-0.4, -0.2) is 22.5 Å². The van der Waals surface area contributed by atoms with Crippen LogP contribution in [0.5, 0.6) is 0 Å². The Morgan fingerprint density at radius 2 is 2.04 bits per heavy atom. The van der Waals surface area contributed by atoms with E-state index in [4.69, 9.17) is 4.42 Å². The summed E-state index contributed by atoms with van der Waals surface area (Å²) in [6, 6.07) is 9.16. The Bertz CT molecular complexity index is 842. The van der Waals surface area contributed by atoms with Gasteiger partial charge in [0.05, 0.1) is 5.75 Å². The molecule has 0 aliphatic heterocycles. The molecule has 0 saturated heterocycles. The number of anilines is 1. The molecule has 1 aromatic carbocycles. The van der Waals surface area contributed by atoms with E-state index in [0.717, 1.165) is 5.16 Å². The molecule has 124 valence electrons. The third kappa shape index (κ3) is 3.51. The molecule has 3 aromatic rings. The van der Waals surface area contributed by atoms with E-state index in [1.54, 1.807) is 37.5 Å². The van der Waals surface area contributed by atoms with Gasteiger partial charge in [0, 0.05) is 32.2 Å². The van der Waals surface area contributed by atoms with Gasteiger partial charge in [-0.1, -0.05) is 11.8 Å². The Labute approximate surface area is 143 Å². The molecule has 0 fully saturated rings. The first-order valence-corrected chi connectivity index (χ1v) is 8.25. The van der Waals surface area contributed by atoms with E-state index in [0.29, 0.717) is 17.2 Å². The van der Waals surface area contributed by atoms with E-state index in [9.17, 15) is 9.18 Å². The molecule has 7 heteroatoms. The first kappa shape index (κ1) is 16.3. The number of nitrogens with zero attached hydrogens (tertiary/aromatic N) is 3. The lowest BCUT2D eigenvalue weighted by Gasteiger charge is -2.15. The number of amides is 1. The molecular weight excluding hydrogens is 329 g/mol. The van der Waals surface area contributed by atoms with Crippen LogP contribution in [0.2, 0.25) is 0 Å². The molecule has 24 heavy (non-hydrogen) atoms. The number of hydrogen-bond donors (Lipinski definition) is 0. The van der Waals surface area contributed by atoms with Gasteiger partial charge in [0.1, 0.15) is 11.6 Å². The van der Waals surface area contributed by atoms with Crippen molar-refractivity contribution in [1.29, 1.82) is 0 Å². The van der Waals surface area contributed by atoms with Crippen LogP contribution < -0.4 is 4.90 Å². The summed E-state index contributed by atoms with van der Waals surface area (Å²) in [5.74, 6) is 0.899. The summed E-state index contributed by atoms with van der Waals surface area (Å²) in [4.78, 5) is 18.1. The zero-order chi connectivity index (χ0) is 17.1. The molecule has 0 N–H and O–H groups in total. The van der Waals surface area contributed by atoms with Crippen molar-refractivity contribution >= 4 is 23.4 Å². The number of carbonyl (C=O) groups is 1. The quantitative estimate of drug-likeness (QED) is 0.661. The molecule has 0 bridgehead atoms. The topological polar surface area (TPSA) is 51.3 Å². The third-order valence-electron chi connectivity index (χ3n) is 3.51. The zero-order valence-electron chi connectivity index (χ0n) is 13.3. The molecule has 2 heterocycles. The van der Waals surface area contributed by atoms with Crippen molar-refractivity contribution in [1.82, 2.24) is 9.55 Å². The highest BCUT2D eigenvalue weighted by atomic mass is 32.2. The predicted molar refractivity (Wildman–Crippen MR) is 90.6 cm³/mol. The van der Waals surface area contributed by atoms with Gasteiger partial charge < -0.3 is 13.9 Å². The number of thioether (sulfide) groups is 1. The van der Waals surface area contributed by atoms with Crippen LogP contribution in [0.15, 0.2) is 58.4 Å². The fraction of sp³-hybridized carbons (Fsp3) is 0.176. The molecule has 2 aromatic heterocycles. The van der Waals surface area contributed by atoms with Gasteiger partial charge in [-0.2, -0.15) is 0 Å². The Hall–Kier alpha value is -2.54. The van der Waals surface area contributed by atoms with Crippen molar-refractivity contribution < 1.29 is 13.6 Å². The standard InChI is InChI=1S/C17H16FN3O2S/c1-20-10-9-19-17(20)24-11-14-7-8-15(23-14)16(22)21(2)13-5-3-12(18)4-6-13/h3-10H,11H2,1-2H3. The lowest BCUT2D eigenvalue weighted by molar-refractivity contribution is 0.0965. The molecule has 0 spiro atoms. The summed E-state index contributed by atoms with van der Waals surface area (Å²) < 4.78 is 20.5. The number of aryl methyl sites for hydroxylation is 1. The number of rotatable bonds is 5. The molecule has 0 radical (unpaired) electrons. The molecule has 0 aliphatic carbocycles. The number of furan rings is 1. The van der Waals surface area contributed by atoms with Crippen LogP contribution in [0, 0.1) is 5.82 Å². The van der Waals surface area contributed by atoms with E-state index in [1.807, 2.05) is 17.8 Å². The van der Waals surface area contributed by atoms with E-state index in [2.05, 4.69) is 4.98 Å². The van der Waals surface area contributed by atoms with Gasteiger partial charge in [-0.25, -0.2) is 9.37 Å². The minimum atomic E-state index is -0.341. The number of hydrogen-bond acceptors (Lipinski definition) is 4. The molecule has 3 rings (SSSR count). The van der Waals surface area contributed by atoms with Crippen LogP contribution in [0.3, 0.4) is 0 Å². The van der Waals surface area contributed by atoms with Gasteiger partial charge in [-0.15, -0.1) is 0 Å². The maximum absolute atomic E-state index is 13.0. The van der Waals surface area contributed by atoms with Crippen LogP contribution in [0.25, 0.3) is 0 Å². The summed E-state index contributed by atoms with van der Waals surface area (Å²) >= 11 is 1.53. The first-order chi connectivity index (χ1) is 11.5. The molecule has 0 saturated carbocycles. The summed E-state index contributed by atoms with van der Waals surface area (Å²) in [7, 11) is 3.55. The van der Waals surface area contributed by atoms with Crippen molar-refractivity contribution in [2.45, 2.75) is 10.9 Å². The first-order valence-electron chi connectivity index (χ1n) is 7.27. The van der Waals surface area contributed by atoms with Crippen LogP contribution in [0.1, 0.15) is 16.3 Å². The maximum atomic E-state index is 13.0. The average molecular weight is 345 g/mol. The fourth-order valence-corrected chi connectivity index (χ4v) is 2.97. The smallest absolute Gasteiger partial charge is 0.293 e. The predicted octanol–water partition coefficient (Wildman–Crippen LogP) is 3.72. The van der Waals surface area contributed by atoms with Crippen molar-refractivity contribution in [3.63, 3.8) is 0 Å². The average Bonchev–Trinajstić information content (AvgIpc) is 3.21. The van der Waals surface area contributed by atoms with Crippen LogP contribution >= 0.6 is 11.8 Å². The summed E-state index contributed by atoms with van der Waals surface area (Å²) in [6.45, 7) is 0. The normalized spacial score (nSPS) is 10.8. The van der Waals surface area contributed by atoms with Crippen molar-refractivity contribution in [2.24, 2.45) is 7.05 Å². The van der Waals surface area contributed by atoms with Crippen molar-refractivity contribution in [2.75, 3.05) is 11.9 Å². The Balaban J connectivity index is 1.67. The van der Waals surface area contributed by atoms with E-state index < -0.39 is 0 Å². The summed E-state index contributed by atoms with van der Waals surface area (Å²) in [5, 5.41) is 0.878. The largest absolute Gasteiger partial charge is 0.455 e. The number of benzene rings is 1. The number of carbonyl (C=O) groups excluding carboxylic acids is 1. The second kappa shape index (κ2) is 6.92. The van der Waals surface area contributed by atoms with E-state index in [-0.39, 0.29) is 17.5 Å². The van der Waals surface area contributed by atoms with Gasteiger partial charge in [0.15, 0.2) is 10.9 Å². The molecular formula is C17H16FN3O2S. The van der Waals surface area contributed by atoms with Crippen molar-refractivity contribution in [3.8, 4) is 0 Å². The highest BCUT2D eigenvalue weighted by molar-refractivity contribution is 7.98. The van der Waals surface area contributed by atoms with Gasteiger partial charge >= 0.3 is 0 Å². The van der Waals surface area contributed by atoms with Gasteiger partial charge in [-0.3, -0.25) is 4.79 Å². The van der Waals surface area contributed by atoms with Gasteiger partial charge in [0.2, 0.25) is 0 Å². The maximum Gasteiger partial charge on any atom is 0.293 e. The molecule has 0 atom stereocenters. The number of imidazole rings is 1. The Kier molecular flexibility index (Phi) is 4.71. The van der Waals surface area contributed by atoms with E-state index in [1.165, 1.54) is 28.8 Å². The monoisotopic (exact) mass is 345 g/mol. The van der Waals surface area contributed by atoms with E-state index >= 15 is 0 Å². The highest BCUT2D eigenvalue weighted by Crippen LogP contribution is 2.23. The van der Waals surface area contributed by atoms with Crippen molar-refractivity contribution in [3.05, 3.63) is 66.1 Å². The lowest BCUT2D eigenvalue weighted by atomic mass is 10.2. The Morgan fingerprint density at radius 1 is 1.29 bits per heavy atom. The highest BCUT2D eigenvalue weighted by Gasteiger charge is 2.17. The zero-order valence-corrected chi connectivity index (χ0v) is 14.1. The Morgan fingerprint density at radius 3 is 2.71 bits per heavy atom. The summed E-state index contributed by atoms with van der Waals surface area (Å²) in [5.41, 5.74) is 0.599. The number of halogens is 1. The minimum absolute atomic E-state index is 0.247. The second-order valence-electron chi connectivity index (χ2n) is 5.22. The fourth-order valence-electron chi connectivity index (χ4n) is 2.14. The minimum Gasteiger partial charge on any atom is -0.455 e. The van der Waals surface area contributed by atoms with Crippen LogP contribution in [-0.2, 0) is 12.8 Å². The van der Waals surface area contributed by atoms with Gasteiger partial charge in [-0.05, 0) is 36.4 Å². The molecule has 0 unspecified atom stereocenters. The lowest BCUT2D eigenvalue weighted by Crippen LogP contribution is -2.25. The van der Waals surface area contributed by atoms with Crippen LogP contribution in [0.4, 0.5) is 10.1 Å². The molecule has 5 nitrogen and oxygen atoms in total.